The fourth-order valence-corrected chi connectivity index (χ4v) is 2.22. The molecule has 1 aromatic rings. The molecule has 2 rings (SSSR count). The molecule has 17 heavy (non-hydrogen) atoms. The van der Waals surface area contributed by atoms with E-state index in [4.69, 9.17) is 5.26 Å². The summed E-state index contributed by atoms with van der Waals surface area (Å²) >= 11 is 0. The molecule has 1 aromatic carbocycles. The summed E-state index contributed by atoms with van der Waals surface area (Å²) in [4.78, 5) is 1.84. The van der Waals surface area contributed by atoms with Crippen LogP contribution in [0.1, 0.15) is 18.4 Å². The van der Waals surface area contributed by atoms with Crippen LogP contribution in [0.25, 0.3) is 0 Å². The van der Waals surface area contributed by atoms with E-state index in [9.17, 15) is 9.50 Å². The highest BCUT2D eigenvalue weighted by Crippen LogP contribution is 2.29. The quantitative estimate of drug-likeness (QED) is 0.869. The third-order valence-electron chi connectivity index (χ3n) is 3.23. The van der Waals surface area contributed by atoms with Crippen LogP contribution in [0.15, 0.2) is 18.2 Å². The molecule has 1 fully saturated rings. The highest BCUT2D eigenvalue weighted by molar-refractivity contribution is 5.50. The SMILES string of the molecule is CN(CC1CC(O)C1)c1ccc(C#N)cc1F. The van der Waals surface area contributed by atoms with Crippen molar-refractivity contribution in [2.24, 2.45) is 5.92 Å². The zero-order valence-electron chi connectivity index (χ0n) is 9.73. The molecule has 0 radical (unpaired) electrons. The van der Waals surface area contributed by atoms with Gasteiger partial charge in [-0.2, -0.15) is 5.26 Å². The van der Waals surface area contributed by atoms with Gasteiger partial charge >= 0.3 is 0 Å². The van der Waals surface area contributed by atoms with Gasteiger partial charge in [-0.15, -0.1) is 0 Å². The van der Waals surface area contributed by atoms with Gasteiger partial charge in [-0.3, -0.25) is 0 Å². The van der Waals surface area contributed by atoms with Crippen molar-refractivity contribution in [3.8, 4) is 6.07 Å². The smallest absolute Gasteiger partial charge is 0.147 e. The van der Waals surface area contributed by atoms with Crippen molar-refractivity contribution < 1.29 is 9.50 Å². The van der Waals surface area contributed by atoms with Crippen LogP contribution >= 0.6 is 0 Å². The second kappa shape index (κ2) is 4.72. The summed E-state index contributed by atoms with van der Waals surface area (Å²) in [6.45, 7) is 0.736. The lowest BCUT2D eigenvalue weighted by Crippen LogP contribution is -2.37. The van der Waals surface area contributed by atoms with E-state index in [1.165, 1.54) is 6.07 Å². The van der Waals surface area contributed by atoms with Crippen LogP contribution in [0.4, 0.5) is 10.1 Å². The van der Waals surface area contributed by atoms with Crippen molar-refractivity contribution in [3.05, 3.63) is 29.6 Å². The summed E-state index contributed by atoms with van der Waals surface area (Å²) in [7, 11) is 1.83. The number of aliphatic hydroxyl groups is 1. The summed E-state index contributed by atoms with van der Waals surface area (Å²) in [6, 6.07) is 6.41. The number of nitriles is 1. The Hall–Kier alpha value is -1.60. The Kier molecular flexibility index (Phi) is 3.30. The van der Waals surface area contributed by atoms with Gasteiger partial charge in [0.05, 0.1) is 23.4 Å². The second-order valence-corrected chi connectivity index (χ2v) is 4.65. The van der Waals surface area contributed by atoms with Crippen LogP contribution < -0.4 is 4.90 Å². The molecular formula is C13H15FN2O. The minimum atomic E-state index is -0.369. The fourth-order valence-electron chi connectivity index (χ4n) is 2.22. The largest absolute Gasteiger partial charge is 0.393 e. The van der Waals surface area contributed by atoms with Gasteiger partial charge in [0.1, 0.15) is 5.82 Å². The van der Waals surface area contributed by atoms with Crippen LogP contribution in [0, 0.1) is 23.1 Å². The van der Waals surface area contributed by atoms with Crippen molar-refractivity contribution in [2.45, 2.75) is 18.9 Å². The standard InChI is InChI=1S/C13H15FN2O/c1-16(8-10-4-11(17)5-10)13-3-2-9(7-15)6-12(13)14/h2-3,6,10-11,17H,4-5,8H2,1H3. The summed E-state index contributed by atoms with van der Waals surface area (Å²) < 4.78 is 13.7. The zero-order chi connectivity index (χ0) is 12.4. The predicted octanol–water partition coefficient (Wildman–Crippen LogP) is 1.90. The van der Waals surface area contributed by atoms with E-state index in [1.807, 2.05) is 18.0 Å². The van der Waals surface area contributed by atoms with Crippen LogP contribution in [0.2, 0.25) is 0 Å². The first-order chi connectivity index (χ1) is 8.10. The molecule has 0 atom stereocenters. The van der Waals surface area contributed by atoms with Gasteiger partial charge in [0.25, 0.3) is 0 Å². The van der Waals surface area contributed by atoms with Crippen LogP contribution in [-0.2, 0) is 0 Å². The van der Waals surface area contributed by atoms with E-state index in [0.717, 1.165) is 19.4 Å². The maximum atomic E-state index is 13.7. The average molecular weight is 234 g/mol. The molecule has 0 amide bonds. The molecule has 1 aliphatic carbocycles. The molecule has 1 saturated carbocycles. The number of benzene rings is 1. The molecule has 0 aliphatic heterocycles. The van der Waals surface area contributed by atoms with E-state index in [1.54, 1.807) is 12.1 Å². The van der Waals surface area contributed by atoms with E-state index in [2.05, 4.69) is 0 Å². The topological polar surface area (TPSA) is 47.3 Å². The Morgan fingerprint density at radius 2 is 2.24 bits per heavy atom. The Morgan fingerprint density at radius 3 is 2.76 bits per heavy atom. The van der Waals surface area contributed by atoms with Gasteiger partial charge in [0, 0.05) is 13.6 Å². The number of hydrogen-bond acceptors (Lipinski definition) is 3. The van der Waals surface area contributed by atoms with E-state index in [0.29, 0.717) is 17.2 Å². The molecular weight excluding hydrogens is 219 g/mol. The molecule has 0 aromatic heterocycles. The lowest BCUT2D eigenvalue weighted by molar-refractivity contribution is 0.0464. The fraction of sp³-hybridized carbons (Fsp3) is 0.462. The number of aliphatic hydroxyl groups excluding tert-OH is 1. The summed E-state index contributed by atoms with van der Waals surface area (Å²) in [5, 5.41) is 17.9. The maximum Gasteiger partial charge on any atom is 0.147 e. The Labute approximate surface area is 100 Å². The average Bonchev–Trinajstić information content (AvgIpc) is 2.26. The second-order valence-electron chi connectivity index (χ2n) is 4.65. The number of anilines is 1. The van der Waals surface area contributed by atoms with Gasteiger partial charge in [-0.25, -0.2) is 4.39 Å². The first-order valence-corrected chi connectivity index (χ1v) is 5.69. The van der Waals surface area contributed by atoms with Gasteiger partial charge in [-0.1, -0.05) is 0 Å². The molecule has 0 spiro atoms. The van der Waals surface area contributed by atoms with Crippen molar-refractivity contribution in [1.29, 1.82) is 5.26 Å². The van der Waals surface area contributed by atoms with Gasteiger partial charge in [0.2, 0.25) is 0 Å². The number of hydrogen-bond donors (Lipinski definition) is 1. The predicted molar refractivity (Wildman–Crippen MR) is 63.1 cm³/mol. The lowest BCUT2D eigenvalue weighted by Gasteiger charge is -2.35. The maximum absolute atomic E-state index is 13.7. The monoisotopic (exact) mass is 234 g/mol. The molecule has 4 heteroatoms. The van der Waals surface area contributed by atoms with Gasteiger partial charge < -0.3 is 10.0 Å². The van der Waals surface area contributed by atoms with Crippen LogP contribution in [-0.4, -0.2) is 24.8 Å². The Balaban J connectivity index is 2.04. The number of halogens is 1. The zero-order valence-corrected chi connectivity index (χ0v) is 9.73. The third kappa shape index (κ3) is 2.56. The highest BCUT2D eigenvalue weighted by atomic mass is 19.1. The van der Waals surface area contributed by atoms with E-state index in [-0.39, 0.29) is 11.9 Å². The summed E-state index contributed by atoms with van der Waals surface area (Å²) in [5.74, 6) is 0.0662. The normalized spacial score (nSPS) is 22.7. The number of nitrogens with zero attached hydrogens (tertiary/aromatic N) is 2. The first kappa shape index (κ1) is 11.9. The van der Waals surface area contributed by atoms with Crippen molar-refractivity contribution in [3.63, 3.8) is 0 Å². The third-order valence-corrected chi connectivity index (χ3v) is 3.23. The first-order valence-electron chi connectivity index (χ1n) is 5.69. The minimum absolute atomic E-state index is 0.181. The van der Waals surface area contributed by atoms with Crippen LogP contribution in [0.5, 0.6) is 0 Å². The minimum Gasteiger partial charge on any atom is -0.393 e. The lowest BCUT2D eigenvalue weighted by atomic mass is 9.82. The Morgan fingerprint density at radius 1 is 1.53 bits per heavy atom. The van der Waals surface area contributed by atoms with Gasteiger partial charge in [0.15, 0.2) is 0 Å². The molecule has 0 saturated heterocycles. The summed E-state index contributed by atoms with van der Waals surface area (Å²) in [5.41, 5.74) is 0.837. The van der Waals surface area contributed by atoms with Crippen molar-refractivity contribution in [1.82, 2.24) is 0 Å². The number of rotatable bonds is 3. The van der Waals surface area contributed by atoms with Crippen molar-refractivity contribution >= 4 is 5.69 Å². The summed E-state index contributed by atoms with van der Waals surface area (Å²) in [6.07, 6.45) is 1.41. The Bertz CT molecular complexity index is 449. The molecule has 0 unspecified atom stereocenters. The highest BCUT2D eigenvalue weighted by Gasteiger charge is 2.28. The molecule has 0 heterocycles. The van der Waals surface area contributed by atoms with E-state index < -0.39 is 0 Å². The molecule has 1 N–H and O–H groups in total. The molecule has 1 aliphatic rings. The van der Waals surface area contributed by atoms with Crippen molar-refractivity contribution in [2.75, 3.05) is 18.5 Å². The van der Waals surface area contributed by atoms with Crippen LogP contribution in [0.3, 0.4) is 0 Å². The molecule has 3 nitrogen and oxygen atoms in total. The molecule has 0 bridgehead atoms. The molecule has 90 valence electrons. The van der Waals surface area contributed by atoms with Gasteiger partial charge in [-0.05, 0) is 37.0 Å². The van der Waals surface area contributed by atoms with E-state index >= 15 is 0 Å².